The molecule has 100 valence electrons. The molecule has 1 N–H and O–H groups in total. The lowest BCUT2D eigenvalue weighted by Gasteiger charge is -2.21. The molecule has 0 aliphatic rings. The van der Waals surface area contributed by atoms with Gasteiger partial charge in [0, 0.05) is 11.4 Å². The zero-order valence-corrected chi connectivity index (χ0v) is 11.9. The van der Waals surface area contributed by atoms with Crippen molar-refractivity contribution in [3.63, 3.8) is 0 Å². The summed E-state index contributed by atoms with van der Waals surface area (Å²) in [6.45, 7) is 3.90. The molecule has 0 saturated carbocycles. The Bertz CT molecular complexity index is 403. The molecule has 0 spiro atoms. The van der Waals surface area contributed by atoms with E-state index < -0.39 is 23.1 Å². The van der Waals surface area contributed by atoms with E-state index in [9.17, 15) is 13.6 Å². The van der Waals surface area contributed by atoms with Crippen molar-refractivity contribution in [1.82, 2.24) is 5.32 Å². The first-order valence-corrected chi connectivity index (χ1v) is 6.90. The summed E-state index contributed by atoms with van der Waals surface area (Å²) in [5, 5.41) is 3.38. The lowest BCUT2D eigenvalue weighted by molar-refractivity contribution is 0.0916. The van der Waals surface area contributed by atoms with Crippen LogP contribution in [0.1, 0.15) is 30.6 Å². The number of hydrogen-bond donors (Lipinski definition) is 1. The van der Waals surface area contributed by atoms with E-state index in [1.54, 1.807) is 0 Å². The molecule has 1 unspecified atom stereocenters. The minimum absolute atomic E-state index is 0.115. The molecule has 0 fully saturated rings. The molecule has 0 radical (unpaired) electrons. The van der Waals surface area contributed by atoms with E-state index in [4.69, 9.17) is 0 Å². The van der Waals surface area contributed by atoms with Crippen LogP contribution in [-0.4, -0.2) is 17.3 Å². The van der Waals surface area contributed by atoms with E-state index in [1.807, 2.05) is 13.8 Å². The van der Waals surface area contributed by atoms with Crippen LogP contribution in [0.25, 0.3) is 0 Å². The molecule has 0 heterocycles. The van der Waals surface area contributed by atoms with Crippen LogP contribution in [0.3, 0.4) is 0 Å². The molecular formula is C13H16BrF2NO. The molecule has 18 heavy (non-hydrogen) atoms. The van der Waals surface area contributed by atoms with Gasteiger partial charge in [-0.25, -0.2) is 8.78 Å². The highest BCUT2D eigenvalue weighted by Crippen LogP contribution is 2.14. The smallest absolute Gasteiger partial charge is 0.257 e. The van der Waals surface area contributed by atoms with Gasteiger partial charge < -0.3 is 5.32 Å². The van der Waals surface area contributed by atoms with Crippen LogP contribution >= 0.6 is 15.9 Å². The summed E-state index contributed by atoms with van der Waals surface area (Å²) in [5.74, 6) is -2.19. The van der Waals surface area contributed by atoms with Crippen molar-refractivity contribution in [1.29, 1.82) is 0 Å². The zero-order chi connectivity index (χ0) is 13.7. The highest BCUT2D eigenvalue weighted by molar-refractivity contribution is 9.09. The average Bonchev–Trinajstić information content (AvgIpc) is 2.28. The lowest BCUT2D eigenvalue weighted by Crippen LogP contribution is -2.39. The summed E-state index contributed by atoms with van der Waals surface area (Å²) in [7, 11) is 0. The van der Waals surface area contributed by atoms with E-state index >= 15 is 0 Å². The maximum Gasteiger partial charge on any atom is 0.257 e. The number of hydrogen-bond acceptors (Lipinski definition) is 1. The van der Waals surface area contributed by atoms with Gasteiger partial charge in [-0.3, -0.25) is 4.79 Å². The first kappa shape index (κ1) is 15.1. The van der Waals surface area contributed by atoms with Gasteiger partial charge in [-0.1, -0.05) is 35.8 Å². The molecule has 0 aromatic heterocycles. The van der Waals surface area contributed by atoms with Gasteiger partial charge in [0.2, 0.25) is 0 Å². The standard InChI is InChI=1S/C13H16BrF2NO/c1-8(2)11(6-7-14)17-13(18)12-9(15)4-3-5-10(12)16/h3-5,8,11H,6-7H2,1-2H3,(H,17,18). The van der Waals surface area contributed by atoms with Crippen LogP contribution in [0.5, 0.6) is 0 Å². The Morgan fingerprint density at radius 1 is 1.33 bits per heavy atom. The van der Waals surface area contributed by atoms with Crippen LogP contribution in [0.2, 0.25) is 0 Å². The van der Waals surface area contributed by atoms with Gasteiger partial charge in [0.15, 0.2) is 0 Å². The summed E-state index contributed by atoms with van der Waals surface area (Å²) < 4.78 is 26.9. The van der Waals surface area contributed by atoms with Gasteiger partial charge in [-0.05, 0) is 24.5 Å². The molecule has 2 nitrogen and oxygen atoms in total. The first-order chi connectivity index (χ1) is 8.47. The fourth-order valence-corrected chi connectivity index (χ4v) is 2.14. The molecule has 1 rings (SSSR count). The molecule has 0 aliphatic carbocycles. The van der Waals surface area contributed by atoms with Gasteiger partial charge >= 0.3 is 0 Å². The van der Waals surface area contributed by atoms with Crippen molar-refractivity contribution in [3.8, 4) is 0 Å². The van der Waals surface area contributed by atoms with Crippen molar-refractivity contribution in [2.45, 2.75) is 26.3 Å². The third kappa shape index (κ3) is 3.77. The van der Waals surface area contributed by atoms with Crippen LogP contribution in [0, 0.1) is 17.6 Å². The van der Waals surface area contributed by atoms with Crippen LogP contribution in [-0.2, 0) is 0 Å². The second-order valence-electron chi connectivity index (χ2n) is 4.40. The lowest BCUT2D eigenvalue weighted by atomic mass is 10.0. The minimum Gasteiger partial charge on any atom is -0.349 e. The Hall–Kier alpha value is -0.970. The highest BCUT2D eigenvalue weighted by Gasteiger charge is 2.21. The minimum atomic E-state index is -0.839. The fraction of sp³-hybridized carbons (Fsp3) is 0.462. The summed E-state index contributed by atoms with van der Waals surface area (Å²) >= 11 is 3.29. The van der Waals surface area contributed by atoms with Gasteiger partial charge in [-0.15, -0.1) is 0 Å². The fourth-order valence-electron chi connectivity index (χ4n) is 1.65. The van der Waals surface area contributed by atoms with Crippen LogP contribution in [0.15, 0.2) is 18.2 Å². The summed E-state index contributed by atoms with van der Waals surface area (Å²) in [5.41, 5.74) is -0.516. The van der Waals surface area contributed by atoms with E-state index in [2.05, 4.69) is 21.2 Å². The van der Waals surface area contributed by atoms with E-state index in [0.29, 0.717) is 6.42 Å². The molecule has 1 atom stereocenters. The Labute approximate surface area is 114 Å². The first-order valence-electron chi connectivity index (χ1n) is 5.78. The number of halogens is 3. The molecule has 0 aliphatic heterocycles. The summed E-state index contributed by atoms with van der Waals surface area (Å²) in [6.07, 6.45) is 0.708. The van der Waals surface area contributed by atoms with E-state index in [1.165, 1.54) is 6.07 Å². The van der Waals surface area contributed by atoms with E-state index in [0.717, 1.165) is 17.5 Å². The predicted octanol–water partition coefficient (Wildman–Crippen LogP) is 3.50. The quantitative estimate of drug-likeness (QED) is 0.827. The zero-order valence-electron chi connectivity index (χ0n) is 10.3. The van der Waals surface area contributed by atoms with Crippen molar-refractivity contribution in [2.75, 3.05) is 5.33 Å². The molecule has 1 amide bonds. The van der Waals surface area contributed by atoms with Crippen molar-refractivity contribution in [3.05, 3.63) is 35.4 Å². The molecule has 0 bridgehead atoms. The van der Waals surface area contributed by atoms with Crippen LogP contribution in [0.4, 0.5) is 8.78 Å². The van der Waals surface area contributed by atoms with Gasteiger partial charge in [-0.2, -0.15) is 0 Å². The summed E-state index contributed by atoms with van der Waals surface area (Å²) in [4.78, 5) is 11.9. The van der Waals surface area contributed by atoms with E-state index in [-0.39, 0.29) is 12.0 Å². The average molecular weight is 320 g/mol. The number of alkyl halides is 1. The molecule has 1 aromatic carbocycles. The number of carbonyl (C=O) groups is 1. The number of carbonyl (C=O) groups excluding carboxylic acids is 1. The maximum atomic E-state index is 13.4. The second-order valence-corrected chi connectivity index (χ2v) is 5.19. The second kappa shape index (κ2) is 6.83. The van der Waals surface area contributed by atoms with Crippen molar-refractivity contribution in [2.24, 2.45) is 5.92 Å². The number of amides is 1. The Kier molecular flexibility index (Phi) is 5.72. The Morgan fingerprint density at radius 2 is 1.89 bits per heavy atom. The van der Waals surface area contributed by atoms with Gasteiger partial charge in [0.05, 0.1) is 0 Å². The third-order valence-corrected chi connectivity index (χ3v) is 3.19. The number of benzene rings is 1. The van der Waals surface area contributed by atoms with Gasteiger partial charge in [0.25, 0.3) is 5.91 Å². The third-order valence-electron chi connectivity index (χ3n) is 2.73. The number of rotatable bonds is 5. The number of nitrogens with one attached hydrogen (secondary N) is 1. The highest BCUT2D eigenvalue weighted by atomic mass is 79.9. The molecular weight excluding hydrogens is 304 g/mol. The molecule has 5 heteroatoms. The molecule has 0 saturated heterocycles. The topological polar surface area (TPSA) is 29.1 Å². The van der Waals surface area contributed by atoms with Crippen molar-refractivity contribution >= 4 is 21.8 Å². The predicted molar refractivity (Wildman–Crippen MR) is 70.9 cm³/mol. The monoisotopic (exact) mass is 319 g/mol. The van der Waals surface area contributed by atoms with Gasteiger partial charge in [0.1, 0.15) is 17.2 Å². The summed E-state index contributed by atoms with van der Waals surface area (Å²) in [6, 6.07) is 3.27. The maximum absolute atomic E-state index is 13.4. The molecule has 1 aromatic rings. The van der Waals surface area contributed by atoms with Crippen LogP contribution < -0.4 is 5.32 Å². The Morgan fingerprint density at radius 3 is 2.33 bits per heavy atom. The normalized spacial score (nSPS) is 12.6. The Balaban J connectivity index is 2.87. The largest absolute Gasteiger partial charge is 0.349 e. The SMILES string of the molecule is CC(C)C(CCBr)NC(=O)c1c(F)cccc1F. The van der Waals surface area contributed by atoms with Crippen molar-refractivity contribution < 1.29 is 13.6 Å².